The molecule has 0 atom stereocenters. The highest BCUT2D eigenvalue weighted by Crippen LogP contribution is 2.26. The zero-order valence-electron chi connectivity index (χ0n) is 15.4. The molecule has 6 nitrogen and oxygen atoms in total. The number of benzene rings is 2. The van der Waals surface area contributed by atoms with Gasteiger partial charge in [-0.25, -0.2) is 19.0 Å². The van der Waals surface area contributed by atoms with Gasteiger partial charge in [-0.2, -0.15) is 5.10 Å². The van der Waals surface area contributed by atoms with E-state index in [1.54, 1.807) is 30.1 Å². The van der Waals surface area contributed by atoms with Gasteiger partial charge in [-0.05, 0) is 48.2 Å². The fourth-order valence-corrected chi connectivity index (χ4v) is 3.21. The molecule has 1 N–H and O–H groups in total. The summed E-state index contributed by atoms with van der Waals surface area (Å²) in [7, 11) is 1.65. The van der Waals surface area contributed by atoms with Crippen molar-refractivity contribution in [2.24, 2.45) is 0 Å². The van der Waals surface area contributed by atoms with Gasteiger partial charge in [0.2, 0.25) is 0 Å². The highest BCUT2D eigenvalue weighted by atomic mass is 32.2. The number of ether oxygens (including phenoxy) is 1. The average molecular weight is 395 g/mol. The standard InChI is InChI=1S/C20H18FN5OS/c1-27-16-5-3-4-13(10-16)11-22-18-17-12-23-26(15-8-6-14(21)7-9-15)19(17)25-20(24-18)28-2/h3-10,12H,11H2,1-2H3,(H,22,24,25). The Morgan fingerprint density at radius 3 is 2.71 bits per heavy atom. The van der Waals surface area contributed by atoms with Crippen molar-refractivity contribution in [1.82, 2.24) is 19.7 Å². The van der Waals surface area contributed by atoms with Gasteiger partial charge in [0.1, 0.15) is 17.4 Å². The van der Waals surface area contributed by atoms with Crippen LogP contribution >= 0.6 is 11.8 Å². The van der Waals surface area contributed by atoms with Gasteiger partial charge >= 0.3 is 0 Å². The summed E-state index contributed by atoms with van der Waals surface area (Å²) in [6.45, 7) is 0.582. The van der Waals surface area contributed by atoms with E-state index in [-0.39, 0.29) is 5.82 Å². The Labute approximate surface area is 165 Å². The van der Waals surface area contributed by atoms with E-state index in [2.05, 4.69) is 20.4 Å². The second-order valence-electron chi connectivity index (χ2n) is 6.03. The van der Waals surface area contributed by atoms with E-state index in [1.807, 2.05) is 30.5 Å². The highest BCUT2D eigenvalue weighted by molar-refractivity contribution is 7.98. The van der Waals surface area contributed by atoms with Crippen LogP contribution < -0.4 is 10.1 Å². The molecule has 0 amide bonds. The number of methoxy groups -OCH3 is 1. The summed E-state index contributed by atoms with van der Waals surface area (Å²) in [5, 5.41) is 9.23. The Balaban J connectivity index is 1.70. The van der Waals surface area contributed by atoms with Gasteiger partial charge in [0.25, 0.3) is 0 Å². The van der Waals surface area contributed by atoms with Crippen LogP contribution in [-0.2, 0) is 6.54 Å². The second-order valence-corrected chi connectivity index (χ2v) is 6.81. The monoisotopic (exact) mass is 395 g/mol. The number of fused-ring (bicyclic) bond motifs is 1. The highest BCUT2D eigenvalue weighted by Gasteiger charge is 2.14. The zero-order valence-corrected chi connectivity index (χ0v) is 16.2. The Hall–Kier alpha value is -3.13. The minimum atomic E-state index is -0.291. The molecule has 0 aliphatic rings. The lowest BCUT2D eigenvalue weighted by Crippen LogP contribution is -2.05. The number of nitrogens with zero attached hydrogens (tertiary/aromatic N) is 4. The first kappa shape index (κ1) is 18.2. The lowest BCUT2D eigenvalue weighted by molar-refractivity contribution is 0.414. The molecule has 0 spiro atoms. The number of halogens is 1. The summed E-state index contributed by atoms with van der Waals surface area (Å²) in [6.07, 6.45) is 3.64. The molecule has 0 bridgehead atoms. The fourth-order valence-electron chi connectivity index (χ4n) is 2.85. The summed E-state index contributed by atoms with van der Waals surface area (Å²) < 4.78 is 20.2. The number of thioether (sulfide) groups is 1. The number of anilines is 1. The lowest BCUT2D eigenvalue weighted by atomic mass is 10.2. The molecule has 0 unspecified atom stereocenters. The third-order valence-electron chi connectivity index (χ3n) is 4.26. The molecule has 2 aromatic heterocycles. The number of nitrogens with one attached hydrogen (secondary N) is 1. The maximum atomic E-state index is 13.3. The van der Waals surface area contributed by atoms with Gasteiger partial charge in [0.05, 0.1) is 24.4 Å². The van der Waals surface area contributed by atoms with Gasteiger partial charge in [-0.15, -0.1) is 0 Å². The maximum absolute atomic E-state index is 13.3. The van der Waals surface area contributed by atoms with Gasteiger partial charge in [0, 0.05) is 6.54 Å². The third-order valence-corrected chi connectivity index (χ3v) is 4.80. The Morgan fingerprint density at radius 1 is 1.14 bits per heavy atom. The topological polar surface area (TPSA) is 64.9 Å². The molecule has 4 aromatic rings. The smallest absolute Gasteiger partial charge is 0.191 e. The van der Waals surface area contributed by atoms with Crippen molar-refractivity contribution in [3.05, 3.63) is 66.1 Å². The van der Waals surface area contributed by atoms with Gasteiger partial charge in [0.15, 0.2) is 10.8 Å². The number of aromatic nitrogens is 4. The van der Waals surface area contributed by atoms with E-state index in [4.69, 9.17) is 4.74 Å². The number of hydrogen-bond donors (Lipinski definition) is 1. The van der Waals surface area contributed by atoms with Crippen LogP contribution in [0.4, 0.5) is 10.2 Å². The minimum Gasteiger partial charge on any atom is -0.497 e. The second kappa shape index (κ2) is 7.85. The van der Waals surface area contributed by atoms with Crippen LogP contribution in [0.15, 0.2) is 59.9 Å². The van der Waals surface area contributed by atoms with E-state index in [1.165, 1.54) is 23.9 Å². The first-order valence-electron chi connectivity index (χ1n) is 8.60. The molecule has 0 aliphatic heterocycles. The van der Waals surface area contributed by atoms with Gasteiger partial charge in [-0.1, -0.05) is 23.9 Å². The molecule has 28 heavy (non-hydrogen) atoms. The molecule has 0 radical (unpaired) electrons. The van der Waals surface area contributed by atoms with E-state index in [0.29, 0.717) is 23.2 Å². The predicted octanol–water partition coefficient (Wildman–Crippen LogP) is 4.30. The first-order chi connectivity index (χ1) is 13.7. The minimum absolute atomic E-state index is 0.291. The fraction of sp³-hybridized carbons (Fsp3) is 0.150. The summed E-state index contributed by atoms with van der Waals surface area (Å²) in [6, 6.07) is 14.0. The number of rotatable bonds is 6. The van der Waals surface area contributed by atoms with Crippen molar-refractivity contribution in [1.29, 1.82) is 0 Å². The summed E-state index contributed by atoms with van der Waals surface area (Å²) in [5.74, 6) is 1.21. The molecule has 0 aliphatic carbocycles. The zero-order chi connectivity index (χ0) is 19.5. The molecule has 0 saturated heterocycles. The quantitative estimate of drug-likeness (QED) is 0.388. The Bertz CT molecular complexity index is 1110. The molecule has 142 valence electrons. The maximum Gasteiger partial charge on any atom is 0.191 e. The summed E-state index contributed by atoms with van der Waals surface area (Å²) in [4.78, 5) is 9.19. The largest absolute Gasteiger partial charge is 0.497 e. The van der Waals surface area contributed by atoms with E-state index in [0.717, 1.165) is 22.4 Å². The van der Waals surface area contributed by atoms with Crippen LogP contribution in [0, 0.1) is 5.82 Å². The Morgan fingerprint density at radius 2 is 1.96 bits per heavy atom. The first-order valence-corrected chi connectivity index (χ1v) is 9.83. The van der Waals surface area contributed by atoms with Crippen LogP contribution in [0.3, 0.4) is 0 Å². The van der Waals surface area contributed by atoms with Crippen molar-refractivity contribution >= 4 is 28.6 Å². The molecular formula is C20H18FN5OS. The summed E-state index contributed by atoms with van der Waals surface area (Å²) >= 11 is 1.45. The van der Waals surface area contributed by atoms with Crippen molar-refractivity contribution in [3.8, 4) is 11.4 Å². The van der Waals surface area contributed by atoms with Gasteiger partial charge in [-0.3, -0.25) is 0 Å². The van der Waals surface area contributed by atoms with Gasteiger partial charge < -0.3 is 10.1 Å². The van der Waals surface area contributed by atoms with Crippen LogP contribution in [-0.4, -0.2) is 33.1 Å². The summed E-state index contributed by atoms with van der Waals surface area (Å²) in [5.41, 5.74) is 2.47. The number of hydrogen-bond acceptors (Lipinski definition) is 6. The Kier molecular flexibility index (Phi) is 5.12. The lowest BCUT2D eigenvalue weighted by Gasteiger charge is -2.10. The van der Waals surface area contributed by atoms with Crippen LogP contribution in [0.25, 0.3) is 16.7 Å². The average Bonchev–Trinajstić information content (AvgIpc) is 3.16. The van der Waals surface area contributed by atoms with Crippen molar-refractivity contribution in [3.63, 3.8) is 0 Å². The van der Waals surface area contributed by atoms with E-state index in [9.17, 15) is 4.39 Å². The molecule has 8 heteroatoms. The van der Waals surface area contributed by atoms with Crippen LogP contribution in [0.5, 0.6) is 5.75 Å². The molecule has 2 aromatic carbocycles. The molecule has 0 fully saturated rings. The molecule has 0 saturated carbocycles. The molecule has 4 rings (SSSR count). The van der Waals surface area contributed by atoms with Crippen molar-refractivity contribution in [2.45, 2.75) is 11.7 Å². The van der Waals surface area contributed by atoms with Crippen molar-refractivity contribution in [2.75, 3.05) is 18.7 Å². The van der Waals surface area contributed by atoms with Crippen LogP contribution in [0.1, 0.15) is 5.56 Å². The van der Waals surface area contributed by atoms with E-state index < -0.39 is 0 Å². The van der Waals surface area contributed by atoms with Crippen LogP contribution in [0.2, 0.25) is 0 Å². The SMILES string of the molecule is COc1cccc(CNc2nc(SC)nc3c2cnn3-c2ccc(F)cc2)c1. The predicted molar refractivity (Wildman–Crippen MR) is 109 cm³/mol. The molecular weight excluding hydrogens is 377 g/mol. The van der Waals surface area contributed by atoms with E-state index >= 15 is 0 Å². The normalized spacial score (nSPS) is 11.0. The molecule has 2 heterocycles. The third kappa shape index (κ3) is 3.63. The van der Waals surface area contributed by atoms with Crippen molar-refractivity contribution < 1.29 is 9.13 Å².